The SMILES string of the molecule is C[C@@H]1C[C@H](n2c(Cn3ccc(=O)c(C(=O)O)c3)nc3cnc4ccc(C#N)cc4c32)CCO1. The van der Waals surface area contributed by atoms with Gasteiger partial charge >= 0.3 is 5.97 Å². The molecule has 0 aliphatic carbocycles. The Kier molecular flexibility index (Phi) is 5.15. The highest BCUT2D eigenvalue weighted by atomic mass is 16.5. The number of rotatable bonds is 4. The van der Waals surface area contributed by atoms with E-state index in [-0.39, 0.29) is 24.3 Å². The van der Waals surface area contributed by atoms with Gasteiger partial charge < -0.3 is 19.0 Å². The average molecular weight is 443 g/mol. The molecule has 1 fully saturated rings. The monoisotopic (exact) mass is 443 g/mol. The average Bonchev–Trinajstić information content (AvgIpc) is 3.18. The van der Waals surface area contributed by atoms with Gasteiger partial charge in [-0.1, -0.05) is 0 Å². The number of fused-ring (bicyclic) bond motifs is 3. The molecule has 166 valence electrons. The predicted octanol–water partition coefficient (Wildman–Crippen LogP) is 3.10. The summed E-state index contributed by atoms with van der Waals surface area (Å²) in [5.41, 5.74) is 2.08. The van der Waals surface area contributed by atoms with E-state index in [1.807, 2.05) is 19.1 Å². The maximum absolute atomic E-state index is 11.9. The predicted molar refractivity (Wildman–Crippen MR) is 120 cm³/mol. The molecule has 9 nitrogen and oxygen atoms in total. The summed E-state index contributed by atoms with van der Waals surface area (Å²) < 4.78 is 9.59. The molecule has 0 amide bonds. The van der Waals surface area contributed by atoms with Crippen molar-refractivity contribution in [3.8, 4) is 6.07 Å². The molecule has 1 aromatic carbocycles. The Morgan fingerprint density at radius 1 is 1.33 bits per heavy atom. The van der Waals surface area contributed by atoms with Crippen molar-refractivity contribution >= 4 is 27.9 Å². The van der Waals surface area contributed by atoms with E-state index in [0.717, 1.165) is 35.1 Å². The van der Waals surface area contributed by atoms with Crippen molar-refractivity contribution in [2.45, 2.75) is 38.5 Å². The van der Waals surface area contributed by atoms with Crippen molar-refractivity contribution < 1.29 is 14.6 Å². The first-order valence-corrected chi connectivity index (χ1v) is 10.7. The molecule has 3 aromatic heterocycles. The van der Waals surface area contributed by atoms with Gasteiger partial charge in [0, 0.05) is 36.5 Å². The minimum absolute atomic E-state index is 0.0860. The number of hydrogen-bond donors (Lipinski definition) is 1. The molecule has 1 aliphatic rings. The Bertz CT molecular complexity index is 1500. The van der Waals surface area contributed by atoms with Crippen molar-refractivity contribution in [1.29, 1.82) is 5.26 Å². The largest absolute Gasteiger partial charge is 0.477 e. The van der Waals surface area contributed by atoms with E-state index in [1.165, 1.54) is 12.3 Å². The van der Waals surface area contributed by atoms with E-state index in [4.69, 9.17) is 9.72 Å². The van der Waals surface area contributed by atoms with Crippen molar-refractivity contribution in [2.24, 2.45) is 0 Å². The van der Waals surface area contributed by atoms with Crippen LogP contribution in [0, 0.1) is 11.3 Å². The Balaban J connectivity index is 1.73. The number of aromatic carboxylic acids is 1. The Hall–Kier alpha value is -4.03. The fraction of sp³-hybridized carbons (Fsp3) is 0.292. The van der Waals surface area contributed by atoms with Crippen molar-refractivity contribution in [3.63, 3.8) is 0 Å². The first kappa shape index (κ1) is 20.8. The molecule has 0 bridgehead atoms. The lowest BCUT2D eigenvalue weighted by molar-refractivity contribution is 0.00620. The second kappa shape index (κ2) is 8.15. The maximum atomic E-state index is 11.9. The number of aromatic nitrogens is 4. The minimum Gasteiger partial charge on any atom is -0.477 e. The summed E-state index contributed by atoms with van der Waals surface area (Å²) in [7, 11) is 0. The molecular formula is C24H21N5O4. The van der Waals surface area contributed by atoms with E-state index in [2.05, 4.69) is 15.6 Å². The number of carboxylic acids is 1. The van der Waals surface area contributed by atoms with Crippen LogP contribution in [0.3, 0.4) is 0 Å². The number of nitrogens with zero attached hydrogens (tertiary/aromatic N) is 5. The van der Waals surface area contributed by atoms with Crippen molar-refractivity contribution in [3.05, 3.63) is 70.0 Å². The van der Waals surface area contributed by atoms with Crippen LogP contribution < -0.4 is 5.43 Å². The lowest BCUT2D eigenvalue weighted by atomic mass is 10.0. The van der Waals surface area contributed by atoms with Gasteiger partial charge in [0.1, 0.15) is 16.9 Å². The number of pyridine rings is 2. The summed E-state index contributed by atoms with van der Waals surface area (Å²) in [6, 6.07) is 8.96. The number of ether oxygens (including phenoxy) is 1. The summed E-state index contributed by atoms with van der Waals surface area (Å²) in [4.78, 5) is 32.7. The summed E-state index contributed by atoms with van der Waals surface area (Å²) >= 11 is 0. The summed E-state index contributed by atoms with van der Waals surface area (Å²) in [6.45, 7) is 2.94. The van der Waals surface area contributed by atoms with Gasteiger partial charge in [0.25, 0.3) is 0 Å². The molecule has 4 aromatic rings. The van der Waals surface area contributed by atoms with Gasteiger partial charge in [-0.15, -0.1) is 0 Å². The van der Waals surface area contributed by atoms with Gasteiger partial charge in [-0.25, -0.2) is 9.78 Å². The standard InChI is InChI=1S/C24H21N5O4/c1-14-8-16(5-7-33-14)29-22(13-28-6-4-21(30)18(12-28)24(31)32)27-20-11-26-19-3-2-15(10-25)9-17(19)23(20)29/h2-4,6,9,11-12,14,16H,5,7-8,13H2,1H3,(H,31,32)/t14-,16-/m1/s1. The highest BCUT2D eigenvalue weighted by Gasteiger charge is 2.26. The highest BCUT2D eigenvalue weighted by molar-refractivity contribution is 6.02. The van der Waals surface area contributed by atoms with Crippen LogP contribution in [0.2, 0.25) is 0 Å². The first-order chi connectivity index (χ1) is 15.9. The number of hydrogen-bond acceptors (Lipinski definition) is 6. The molecule has 1 N–H and O–H groups in total. The third kappa shape index (κ3) is 3.75. The van der Waals surface area contributed by atoms with Crippen LogP contribution in [-0.4, -0.2) is 42.9 Å². The van der Waals surface area contributed by atoms with E-state index in [0.29, 0.717) is 17.7 Å². The fourth-order valence-corrected chi connectivity index (χ4v) is 4.56. The molecule has 0 radical (unpaired) electrons. The summed E-state index contributed by atoms with van der Waals surface area (Å²) in [6.07, 6.45) is 6.31. The Labute approximate surface area is 188 Å². The normalized spacial score (nSPS) is 18.4. The van der Waals surface area contributed by atoms with Crippen LogP contribution in [0.15, 0.2) is 47.7 Å². The quantitative estimate of drug-likeness (QED) is 0.514. The second-order valence-corrected chi connectivity index (χ2v) is 8.29. The number of imidazole rings is 1. The molecule has 0 spiro atoms. The number of carbonyl (C=O) groups is 1. The summed E-state index contributed by atoms with van der Waals surface area (Å²) in [5.74, 6) is -0.541. The van der Waals surface area contributed by atoms with Crippen LogP contribution >= 0.6 is 0 Å². The Morgan fingerprint density at radius 3 is 2.94 bits per heavy atom. The van der Waals surface area contributed by atoms with Gasteiger partial charge in [0.15, 0.2) is 5.43 Å². The van der Waals surface area contributed by atoms with Gasteiger partial charge in [-0.3, -0.25) is 9.78 Å². The van der Waals surface area contributed by atoms with Crippen molar-refractivity contribution in [2.75, 3.05) is 6.61 Å². The van der Waals surface area contributed by atoms with Gasteiger partial charge in [-0.05, 0) is 38.0 Å². The fourth-order valence-electron chi connectivity index (χ4n) is 4.56. The molecule has 2 atom stereocenters. The van der Waals surface area contributed by atoms with E-state index in [1.54, 1.807) is 23.0 Å². The van der Waals surface area contributed by atoms with E-state index < -0.39 is 11.4 Å². The van der Waals surface area contributed by atoms with Gasteiger partial charge in [-0.2, -0.15) is 5.26 Å². The van der Waals surface area contributed by atoms with E-state index >= 15 is 0 Å². The van der Waals surface area contributed by atoms with Gasteiger partial charge in [0.05, 0.1) is 41.5 Å². The van der Waals surface area contributed by atoms with Gasteiger partial charge in [0.2, 0.25) is 0 Å². The molecule has 4 heterocycles. The number of carboxylic acid groups (broad SMARTS) is 1. The molecule has 5 rings (SSSR count). The lowest BCUT2D eigenvalue weighted by Gasteiger charge is -2.30. The molecule has 33 heavy (non-hydrogen) atoms. The summed E-state index contributed by atoms with van der Waals surface area (Å²) in [5, 5.41) is 19.6. The molecule has 1 saturated heterocycles. The molecule has 1 aliphatic heterocycles. The topological polar surface area (TPSA) is 123 Å². The molecule has 0 unspecified atom stereocenters. The minimum atomic E-state index is -1.26. The molecular weight excluding hydrogens is 422 g/mol. The molecule has 9 heteroatoms. The third-order valence-corrected chi connectivity index (χ3v) is 6.07. The van der Waals surface area contributed by atoms with E-state index in [9.17, 15) is 20.0 Å². The number of nitriles is 1. The zero-order valence-corrected chi connectivity index (χ0v) is 17.9. The zero-order chi connectivity index (χ0) is 23.1. The zero-order valence-electron chi connectivity index (χ0n) is 17.9. The smallest absolute Gasteiger partial charge is 0.341 e. The Morgan fingerprint density at radius 2 is 2.18 bits per heavy atom. The first-order valence-electron chi connectivity index (χ1n) is 10.7. The van der Waals surface area contributed by atoms with Crippen LogP contribution in [0.25, 0.3) is 21.9 Å². The lowest BCUT2D eigenvalue weighted by Crippen LogP contribution is -2.27. The van der Waals surface area contributed by atoms with Crippen LogP contribution in [0.4, 0.5) is 0 Å². The third-order valence-electron chi connectivity index (χ3n) is 6.07. The van der Waals surface area contributed by atoms with Crippen LogP contribution in [0.5, 0.6) is 0 Å². The second-order valence-electron chi connectivity index (χ2n) is 8.29. The van der Waals surface area contributed by atoms with Crippen LogP contribution in [-0.2, 0) is 11.3 Å². The van der Waals surface area contributed by atoms with Crippen molar-refractivity contribution in [1.82, 2.24) is 19.1 Å². The molecule has 0 saturated carbocycles. The number of benzene rings is 1. The highest BCUT2D eigenvalue weighted by Crippen LogP contribution is 2.34. The maximum Gasteiger partial charge on any atom is 0.341 e. The van der Waals surface area contributed by atoms with Crippen LogP contribution in [0.1, 0.15) is 47.6 Å².